The molecule has 1 aliphatic heterocycles. The number of benzene rings is 1. The predicted octanol–water partition coefficient (Wildman–Crippen LogP) is 3.74. The Bertz CT molecular complexity index is 711. The first-order chi connectivity index (χ1) is 12.7. The normalized spacial score (nSPS) is 18.0. The van der Waals surface area contributed by atoms with Gasteiger partial charge in [0.1, 0.15) is 0 Å². The maximum atomic E-state index is 12.1. The van der Waals surface area contributed by atoms with Crippen LogP contribution in [0, 0.1) is 0 Å². The van der Waals surface area contributed by atoms with Crippen LogP contribution in [0.15, 0.2) is 41.7 Å². The number of nitrogens with zero attached hydrogens (tertiary/aromatic N) is 2. The van der Waals surface area contributed by atoms with Crippen molar-refractivity contribution < 1.29 is 9.53 Å². The molecule has 1 aromatic heterocycles. The van der Waals surface area contributed by atoms with Crippen LogP contribution in [-0.2, 0) is 16.1 Å². The van der Waals surface area contributed by atoms with E-state index in [-0.39, 0.29) is 18.1 Å². The molecule has 1 N–H and O–H groups in total. The molecule has 0 saturated carbocycles. The molecular weight excluding hydrogens is 346 g/mol. The predicted molar refractivity (Wildman–Crippen MR) is 105 cm³/mol. The van der Waals surface area contributed by atoms with Crippen LogP contribution in [0.1, 0.15) is 33.1 Å². The zero-order valence-corrected chi connectivity index (χ0v) is 16.3. The van der Waals surface area contributed by atoms with E-state index in [0.29, 0.717) is 5.75 Å². The van der Waals surface area contributed by atoms with Gasteiger partial charge in [0.15, 0.2) is 5.16 Å². The van der Waals surface area contributed by atoms with Crippen LogP contribution in [-0.4, -0.2) is 40.0 Å². The Morgan fingerprint density at radius 2 is 2.23 bits per heavy atom. The topological polar surface area (TPSA) is 56.2 Å². The summed E-state index contributed by atoms with van der Waals surface area (Å²) in [5.41, 5.74) is 2.21. The highest BCUT2D eigenvalue weighted by molar-refractivity contribution is 7.99. The van der Waals surface area contributed by atoms with Crippen LogP contribution >= 0.6 is 11.8 Å². The van der Waals surface area contributed by atoms with Gasteiger partial charge >= 0.3 is 0 Å². The fourth-order valence-electron chi connectivity index (χ4n) is 3.03. The van der Waals surface area contributed by atoms with Crippen molar-refractivity contribution in [1.29, 1.82) is 0 Å². The number of carbonyl (C=O) groups excluding carboxylic acids is 1. The number of hydrogen-bond acceptors (Lipinski definition) is 4. The first-order valence-electron chi connectivity index (χ1n) is 9.32. The Hall–Kier alpha value is -1.79. The van der Waals surface area contributed by atoms with Crippen LogP contribution in [0.25, 0.3) is 11.3 Å². The Labute approximate surface area is 159 Å². The maximum Gasteiger partial charge on any atom is 0.230 e. The van der Waals surface area contributed by atoms with E-state index in [1.54, 1.807) is 0 Å². The van der Waals surface area contributed by atoms with Gasteiger partial charge in [-0.1, -0.05) is 49.0 Å². The van der Waals surface area contributed by atoms with Crippen LogP contribution in [0.2, 0.25) is 0 Å². The third kappa shape index (κ3) is 4.89. The summed E-state index contributed by atoms with van der Waals surface area (Å²) in [6, 6.07) is 10.5. The van der Waals surface area contributed by atoms with Gasteiger partial charge in [0.2, 0.25) is 5.91 Å². The van der Waals surface area contributed by atoms with E-state index in [1.807, 2.05) is 31.3 Å². The summed E-state index contributed by atoms with van der Waals surface area (Å²) in [5, 5.41) is 3.88. The van der Waals surface area contributed by atoms with Crippen molar-refractivity contribution in [2.45, 2.75) is 57.0 Å². The smallest absolute Gasteiger partial charge is 0.230 e. The Morgan fingerprint density at radius 3 is 2.92 bits per heavy atom. The van der Waals surface area contributed by atoms with Gasteiger partial charge in [-0.15, -0.1) is 0 Å². The number of nitrogens with one attached hydrogen (secondary N) is 1. The molecule has 3 rings (SSSR count). The quantitative estimate of drug-likeness (QED) is 0.716. The van der Waals surface area contributed by atoms with Gasteiger partial charge in [0.25, 0.3) is 0 Å². The Balaban J connectivity index is 1.76. The summed E-state index contributed by atoms with van der Waals surface area (Å²) in [4.78, 5) is 16.7. The molecular formula is C20H27N3O2S. The van der Waals surface area contributed by atoms with Crippen molar-refractivity contribution in [1.82, 2.24) is 14.9 Å². The number of ether oxygens (including phenoxy) is 1. The van der Waals surface area contributed by atoms with Crippen molar-refractivity contribution in [3.63, 3.8) is 0 Å². The van der Waals surface area contributed by atoms with Gasteiger partial charge < -0.3 is 14.6 Å². The molecule has 0 bridgehead atoms. The third-order valence-electron chi connectivity index (χ3n) is 4.65. The van der Waals surface area contributed by atoms with Gasteiger partial charge in [-0.25, -0.2) is 4.98 Å². The second-order valence-electron chi connectivity index (χ2n) is 6.70. The molecule has 0 radical (unpaired) electrons. The first kappa shape index (κ1) is 19.0. The van der Waals surface area contributed by atoms with E-state index >= 15 is 0 Å². The first-order valence-corrected chi connectivity index (χ1v) is 10.3. The summed E-state index contributed by atoms with van der Waals surface area (Å²) < 4.78 is 8.03. The van der Waals surface area contributed by atoms with Crippen LogP contribution in [0.3, 0.4) is 0 Å². The standard InChI is InChI=1S/C20H27N3O2S/c1-3-15(2)22-19(24)14-26-20-21-12-18(16-8-5-4-6-9-16)23(20)13-17-10-7-11-25-17/h4-6,8-9,12,15,17H,3,7,10-11,13-14H2,1-2H3,(H,22,24)/t15-,17-/m0/s1. The minimum absolute atomic E-state index is 0.0530. The molecule has 5 nitrogen and oxygen atoms in total. The minimum Gasteiger partial charge on any atom is -0.376 e. The molecule has 0 spiro atoms. The number of carbonyl (C=O) groups is 1. The lowest BCUT2D eigenvalue weighted by Crippen LogP contribution is -2.33. The van der Waals surface area contributed by atoms with Crippen molar-refractivity contribution in [2.75, 3.05) is 12.4 Å². The molecule has 1 aliphatic rings. The van der Waals surface area contributed by atoms with Crippen molar-refractivity contribution in [3.8, 4) is 11.3 Å². The number of thioether (sulfide) groups is 1. The summed E-state index contributed by atoms with van der Waals surface area (Å²) in [5.74, 6) is 0.429. The van der Waals surface area contributed by atoms with Gasteiger partial charge in [-0.3, -0.25) is 4.79 Å². The molecule has 1 amide bonds. The monoisotopic (exact) mass is 373 g/mol. The number of imidazole rings is 1. The fraction of sp³-hybridized carbons (Fsp3) is 0.500. The second kappa shape index (κ2) is 9.24. The van der Waals surface area contributed by atoms with E-state index < -0.39 is 0 Å². The van der Waals surface area contributed by atoms with Crippen molar-refractivity contribution in [3.05, 3.63) is 36.5 Å². The highest BCUT2D eigenvalue weighted by atomic mass is 32.2. The lowest BCUT2D eigenvalue weighted by Gasteiger charge is -2.16. The fourth-order valence-corrected chi connectivity index (χ4v) is 3.83. The third-order valence-corrected chi connectivity index (χ3v) is 5.64. The molecule has 1 fully saturated rings. The van der Waals surface area contributed by atoms with E-state index in [0.717, 1.165) is 48.8 Å². The number of aromatic nitrogens is 2. The molecule has 0 unspecified atom stereocenters. The summed E-state index contributed by atoms with van der Waals surface area (Å²) in [7, 11) is 0. The molecule has 2 atom stereocenters. The molecule has 140 valence electrons. The Kier molecular flexibility index (Phi) is 6.74. The molecule has 26 heavy (non-hydrogen) atoms. The lowest BCUT2D eigenvalue weighted by molar-refractivity contribution is -0.119. The van der Waals surface area contributed by atoms with Crippen LogP contribution in [0.4, 0.5) is 0 Å². The largest absolute Gasteiger partial charge is 0.376 e. The van der Waals surface area contributed by atoms with Crippen LogP contribution in [0.5, 0.6) is 0 Å². The summed E-state index contributed by atoms with van der Waals surface area (Å²) in [6.07, 6.45) is 5.24. The summed E-state index contributed by atoms with van der Waals surface area (Å²) >= 11 is 1.49. The second-order valence-corrected chi connectivity index (χ2v) is 7.65. The van der Waals surface area contributed by atoms with Gasteiger partial charge in [-0.05, 0) is 31.7 Å². The van der Waals surface area contributed by atoms with Gasteiger partial charge in [0.05, 0.1) is 30.3 Å². The van der Waals surface area contributed by atoms with Crippen molar-refractivity contribution in [2.24, 2.45) is 0 Å². The minimum atomic E-state index is 0.0530. The number of amides is 1. The van der Waals surface area contributed by atoms with Crippen LogP contribution < -0.4 is 5.32 Å². The Morgan fingerprint density at radius 1 is 1.42 bits per heavy atom. The molecule has 2 heterocycles. The van der Waals surface area contributed by atoms with Gasteiger partial charge in [-0.2, -0.15) is 0 Å². The van der Waals surface area contributed by atoms with Crippen molar-refractivity contribution >= 4 is 17.7 Å². The summed E-state index contributed by atoms with van der Waals surface area (Å²) in [6.45, 7) is 5.70. The average molecular weight is 374 g/mol. The highest BCUT2D eigenvalue weighted by Crippen LogP contribution is 2.28. The molecule has 2 aromatic rings. The highest BCUT2D eigenvalue weighted by Gasteiger charge is 2.21. The zero-order valence-electron chi connectivity index (χ0n) is 15.5. The lowest BCUT2D eigenvalue weighted by atomic mass is 10.1. The number of rotatable bonds is 8. The maximum absolute atomic E-state index is 12.1. The van der Waals surface area contributed by atoms with E-state index in [1.165, 1.54) is 11.8 Å². The molecule has 1 aromatic carbocycles. The average Bonchev–Trinajstić information content (AvgIpc) is 3.31. The van der Waals surface area contributed by atoms with E-state index in [2.05, 4.69) is 33.9 Å². The van der Waals surface area contributed by atoms with E-state index in [9.17, 15) is 4.79 Å². The number of hydrogen-bond donors (Lipinski definition) is 1. The van der Waals surface area contributed by atoms with E-state index in [4.69, 9.17) is 4.74 Å². The van der Waals surface area contributed by atoms with Gasteiger partial charge in [0, 0.05) is 12.6 Å². The molecule has 1 saturated heterocycles. The zero-order chi connectivity index (χ0) is 18.4. The molecule has 0 aliphatic carbocycles. The molecule has 6 heteroatoms. The SMILES string of the molecule is CC[C@H](C)NC(=O)CSc1ncc(-c2ccccc2)n1C[C@@H]1CCCO1.